The monoisotopic (exact) mass is 222 g/mol. The van der Waals surface area contributed by atoms with Gasteiger partial charge in [-0.05, 0) is 25.5 Å². The van der Waals surface area contributed by atoms with Crippen molar-refractivity contribution in [2.75, 3.05) is 13.1 Å². The fraction of sp³-hybridized carbons (Fsp3) is 0.538. The van der Waals surface area contributed by atoms with Crippen LogP contribution in [0.1, 0.15) is 31.4 Å². The number of hydrogen-bond donors (Lipinski definition) is 1. The van der Waals surface area contributed by atoms with Gasteiger partial charge in [-0.25, -0.2) is 4.39 Å². The molecule has 1 aromatic rings. The van der Waals surface area contributed by atoms with Crippen LogP contribution in [0.2, 0.25) is 0 Å². The van der Waals surface area contributed by atoms with Gasteiger partial charge in [0.1, 0.15) is 5.82 Å². The third-order valence-corrected chi connectivity index (χ3v) is 3.27. The van der Waals surface area contributed by atoms with E-state index in [2.05, 4.69) is 11.8 Å². The molecule has 0 amide bonds. The van der Waals surface area contributed by atoms with Crippen LogP contribution in [-0.4, -0.2) is 24.0 Å². The molecular weight excluding hydrogens is 203 g/mol. The summed E-state index contributed by atoms with van der Waals surface area (Å²) in [7, 11) is 0. The molecule has 0 bridgehead atoms. The fourth-order valence-corrected chi connectivity index (χ4v) is 2.33. The van der Waals surface area contributed by atoms with Crippen LogP contribution < -0.4 is 5.73 Å². The molecule has 1 unspecified atom stereocenters. The Morgan fingerprint density at radius 3 is 2.62 bits per heavy atom. The van der Waals surface area contributed by atoms with Crippen molar-refractivity contribution in [2.45, 2.75) is 31.8 Å². The topological polar surface area (TPSA) is 29.3 Å². The summed E-state index contributed by atoms with van der Waals surface area (Å²) in [6, 6.07) is 7.59. The lowest BCUT2D eigenvalue weighted by Crippen LogP contribution is -2.35. The van der Waals surface area contributed by atoms with Crippen LogP contribution in [0.15, 0.2) is 24.3 Å². The van der Waals surface area contributed by atoms with Gasteiger partial charge >= 0.3 is 0 Å². The van der Waals surface area contributed by atoms with Crippen molar-refractivity contribution in [3.63, 3.8) is 0 Å². The Morgan fingerprint density at radius 2 is 2.12 bits per heavy atom. The maximum absolute atomic E-state index is 13.7. The summed E-state index contributed by atoms with van der Waals surface area (Å²) in [6.45, 7) is 3.52. The molecule has 2 N–H and O–H groups in total. The van der Waals surface area contributed by atoms with Gasteiger partial charge in [-0.3, -0.25) is 4.90 Å². The predicted molar refractivity (Wildman–Crippen MR) is 63.6 cm³/mol. The largest absolute Gasteiger partial charge is 0.329 e. The molecule has 0 saturated heterocycles. The normalized spacial score (nSPS) is 17.8. The first kappa shape index (κ1) is 11.6. The summed E-state index contributed by atoms with van der Waals surface area (Å²) in [5, 5.41) is 0. The van der Waals surface area contributed by atoms with E-state index >= 15 is 0 Å². The van der Waals surface area contributed by atoms with E-state index in [-0.39, 0.29) is 11.9 Å². The maximum atomic E-state index is 13.7. The van der Waals surface area contributed by atoms with E-state index in [0.29, 0.717) is 12.6 Å². The molecular formula is C13H19FN2. The molecule has 88 valence electrons. The Balaban J connectivity index is 2.23. The molecule has 1 fully saturated rings. The van der Waals surface area contributed by atoms with Gasteiger partial charge in [0, 0.05) is 18.2 Å². The first-order valence-corrected chi connectivity index (χ1v) is 5.98. The zero-order valence-corrected chi connectivity index (χ0v) is 9.70. The second-order valence-electron chi connectivity index (χ2n) is 4.33. The van der Waals surface area contributed by atoms with E-state index in [4.69, 9.17) is 5.73 Å². The summed E-state index contributed by atoms with van der Waals surface area (Å²) in [5.74, 6) is -0.142. The van der Waals surface area contributed by atoms with Crippen molar-refractivity contribution in [2.24, 2.45) is 5.73 Å². The second-order valence-corrected chi connectivity index (χ2v) is 4.33. The van der Waals surface area contributed by atoms with E-state index in [1.807, 2.05) is 12.1 Å². The lowest BCUT2D eigenvalue weighted by molar-refractivity contribution is 0.198. The molecule has 1 atom stereocenters. The Hall–Kier alpha value is -0.930. The number of nitrogens with zero attached hydrogens (tertiary/aromatic N) is 1. The SMILES string of the molecule is CCN(C1CC1)C(CN)c1ccccc1F. The van der Waals surface area contributed by atoms with Crippen LogP contribution >= 0.6 is 0 Å². The van der Waals surface area contributed by atoms with Gasteiger partial charge in [-0.1, -0.05) is 25.1 Å². The summed E-state index contributed by atoms with van der Waals surface area (Å²) in [4.78, 5) is 2.32. The zero-order valence-electron chi connectivity index (χ0n) is 9.70. The van der Waals surface area contributed by atoms with Gasteiger partial charge in [0.15, 0.2) is 0 Å². The van der Waals surface area contributed by atoms with Gasteiger partial charge in [0.25, 0.3) is 0 Å². The van der Waals surface area contributed by atoms with Crippen LogP contribution in [0, 0.1) is 5.82 Å². The van der Waals surface area contributed by atoms with Crippen molar-refractivity contribution in [3.05, 3.63) is 35.6 Å². The number of nitrogens with two attached hydrogens (primary N) is 1. The molecule has 2 rings (SSSR count). The van der Waals surface area contributed by atoms with Crippen LogP contribution in [-0.2, 0) is 0 Å². The van der Waals surface area contributed by atoms with Gasteiger partial charge in [0.2, 0.25) is 0 Å². The highest BCUT2D eigenvalue weighted by atomic mass is 19.1. The molecule has 0 heterocycles. The molecule has 1 aliphatic rings. The number of benzene rings is 1. The molecule has 1 saturated carbocycles. The molecule has 1 aliphatic carbocycles. The molecule has 2 nitrogen and oxygen atoms in total. The van der Waals surface area contributed by atoms with Crippen LogP contribution in [0.4, 0.5) is 4.39 Å². The van der Waals surface area contributed by atoms with Crippen molar-refractivity contribution < 1.29 is 4.39 Å². The predicted octanol–water partition coefficient (Wildman–Crippen LogP) is 2.31. The number of halogens is 1. The fourth-order valence-electron chi connectivity index (χ4n) is 2.33. The Kier molecular flexibility index (Phi) is 3.56. The third kappa shape index (κ3) is 2.25. The summed E-state index contributed by atoms with van der Waals surface area (Å²) in [6.07, 6.45) is 2.44. The molecule has 1 aromatic carbocycles. The smallest absolute Gasteiger partial charge is 0.128 e. The Bertz CT molecular complexity index is 350. The van der Waals surface area contributed by atoms with Gasteiger partial charge in [-0.15, -0.1) is 0 Å². The van der Waals surface area contributed by atoms with Crippen molar-refractivity contribution in [1.82, 2.24) is 4.90 Å². The molecule has 0 spiro atoms. The second kappa shape index (κ2) is 4.93. The highest BCUT2D eigenvalue weighted by Gasteiger charge is 2.33. The summed E-state index contributed by atoms with van der Waals surface area (Å²) < 4.78 is 13.7. The van der Waals surface area contributed by atoms with Crippen molar-refractivity contribution >= 4 is 0 Å². The van der Waals surface area contributed by atoms with Crippen molar-refractivity contribution in [3.8, 4) is 0 Å². The Labute approximate surface area is 96.2 Å². The third-order valence-electron chi connectivity index (χ3n) is 3.27. The number of hydrogen-bond acceptors (Lipinski definition) is 2. The van der Waals surface area contributed by atoms with Gasteiger partial charge in [-0.2, -0.15) is 0 Å². The van der Waals surface area contributed by atoms with Crippen LogP contribution in [0.25, 0.3) is 0 Å². The highest BCUT2D eigenvalue weighted by Crippen LogP contribution is 2.34. The number of rotatable bonds is 5. The van der Waals surface area contributed by atoms with E-state index < -0.39 is 0 Å². The summed E-state index contributed by atoms with van der Waals surface area (Å²) >= 11 is 0. The van der Waals surface area contributed by atoms with Crippen LogP contribution in [0.5, 0.6) is 0 Å². The lowest BCUT2D eigenvalue weighted by Gasteiger charge is -2.30. The van der Waals surface area contributed by atoms with E-state index in [1.165, 1.54) is 18.9 Å². The minimum Gasteiger partial charge on any atom is -0.329 e. The number of likely N-dealkylation sites (N-methyl/N-ethyl adjacent to an activating group) is 1. The Morgan fingerprint density at radius 1 is 1.44 bits per heavy atom. The summed E-state index contributed by atoms with van der Waals surface area (Å²) in [5.41, 5.74) is 6.54. The highest BCUT2D eigenvalue weighted by molar-refractivity contribution is 5.22. The van der Waals surface area contributed by atoms with E-state index in [9.17, 15) is 4.39 Å². The molecule has 0 radical (unpaired) electrons. The van der Waals surface area contributed by atoms with Gasteiger partial charge < -0.3 is 5.73 Å². The first-order valence-electron chi connectivity index (χ1n) is 5.98. The van der Waals surface area contributed by atoms with Gasteiger partial charge in [0.05, 0.1) is 6.04 Å². The lowest BCUT2D eigenvalue weighted by atomic mass is 10.0. The average molecular weight is 222 g/mol. The van der Waals surface area contributed by atoms with Crippen LogP contribution in [0.3, 0.4) is 0 Å². The maximum Gasteiger partial charge on any atom is 0.128 e. The van der Waals surface area contributed by atoms with Crippen molar-refractivity contribution in [1.29, 1.82) is 0 Å². The first-order chi connectivity index (χ1) is 7.77. The molecule has 16 heavy (non-hydrogen) atoms. The quantitative estimate of drug-likeness (QED) is 0.828. The minimum absolute atomic E-state index is 0.0266. The standard InChI is InChI=1S/C13H19FN2/c1-2-16(10-7-8-10)13(9-15)11-5-3-4-6-12(11)14/h3-6,10,13H,2,7-9,15H2,1H3. The molecule has 0 aromatic heterocycles. The minimum atomic E-state index is -0.142. The van der Waals surface area contributed by atoms with E-state index in [0.717, 1.165) is 12.1 Å². The zero-order chi connectivity index (χ0) is 11.5. The average Bonchev–Trinajstić information content (AvgIpc) is 3.11. The molecule has 3 heteroatoms. The molecule has 0 aliphatic heterocycles. The van der Waals surface area contributed by atoms with E-state index in [1.54, 1.807) is 6.07 Å².